The van der Waals surface area contributed by atoms with Crippen LogP contribution < -0.4 is 11.1 Å². The fraction of sp³-hybridized carbons (Fsp3) is 0.364. The molecule has 0 aromatic heterocycles. The van der Waals surface area contributed by atoms with Gasteiger partial charge in [0, 0.05) is 10.6 Å². The number of rotatable bonds is 3. The molecule has 7 N–H and O–H groups in total. The highest BCUT2D eigenvalue weighted by Gasteiger charge is 2.27. The van der Waals surface area contributed by atoms with Gasteiger partial charge >= 0.3 is 5.97 Å². The van der Waals surface area contributed by atoms with E-state index in [1.165, 1.54) is 17.8 Å². The third-order valence-corrected chi connectivity index (χ3v) is 3.92. The van der Waals surface area contributed by atoms with Crippen LogP contribution in [0.1, 0.15) is 11.7 Å². The summed E-state index contributed by atoms with van der Waals surface area (Å²) < 4.78 is 0. The summed E-state index contributed by atoms with van der Waals surface area (Å²) in [7, 11) is 0. The van der Waals surface area contributed by atoms with Crippen LogP contribution in [0.4, 0.5) is 5.69 Å². The van der Waals surface area contributed by atoms with E-state index in [1.54, 1.807) is 6.07 Å². The number of benzene rings is 1. The Hall–Kier alpha value is -1.44. The summed E-state index contributed by atoms with van der Waals surface area (Å²) in [5.41, 5.74) is 4.61. The van der Waals surface area contributed by atoms with Crippen LogP contribution in [-0.4, -0.2) is 39.6 Å². The molecule has 2 rings (SSSR count). The molecule has 0 radical (unpaired) electrons. The van der Waals surface area contributed by atoms with Crippen molar-refractivity contribution in [2.45, 2.75) is 17.0 Å². The smallest absolute Gasteiger partial charge is 0.327 e. The Balaban J connectivity index is 2.34. The second-order valence-corrected chi connectivity index (χ2v) is 5.13. The Morgan fingerprint density at radius 3 is 2.94 bits per heavy atom. The Morgan fingerprint density at radius 1 is 1.61 bits per heavy atom. The van der Waals surface area contributed by atoms with Crippen molar-refractivity contribution in [2.24, 2.45) is 0 Å². The van der Waals surface area contributed by atoms with Crippen molar-refractivity contribution in [1.29, 1.82) is 0 Å². The molecule has 6 nitrogen and oxygen atoms in total. The molecule has 0 fully saturated rings. The Morgan fingerprint density at radius 2 is 2.33 bits per heavy atom. The van der Waals surface area contributed by atoms with Crippen LogP contribution in [0.15, 0.2) is 17.0 Å². The van der Waals surface area contributed by atoms with Gasteiger partial charge in [0.1, 0.15) is 24.4 Å². The number of nitrogens with one attached hydrogen (secondary N) is 1. The van der Waals surface area contributed by atoms with E-state index in [4.69, 9.17) is 5.11 Å². The predicted molar refractivity (Wildman–Crippen MR) is 66.6 cm³/mol. The van der Waals surface area contributed by atoms with Crippen molar-refractivity contribution < 1.29 is 25.8 Å². The highest BCUT2D eigenvalue weighted by atomic mass is 32.2. The van der Waals surface area contributed by atoms with Gasteiger partial charge in [0.05, 0.1) is 5.69 Å². The van der Waals surface area contributed by atoms with E-state index in [-0.39, 0.29) is 5.75 Å². The van der Waals surface area contributed by atoms with Gasteiger partial charge in [0.15, 0.2) is 0 Å². The zero-order valence-electron chi connectivity index (χ0n) is 9.59. The molecule has 1 aliphatic rings. The number of aliphatic carboxylic acids is 1. The predicted octanol–water partition coefficient (Wildman–Crippen LogP) is -0.362. The second kappa shape index (κ2) is 5.05. The number of thioether (sulfide) groups is 1. The van der Waals surface area contributed by atoms with E-state index >= 15 is 0 Å². The first-order chi connectivity index (χ1) is 8.52. The van der Waals surface area contributed by atoms with Crippen LogP contribution in [-0.2, 0) is 4.79 Å². The van der Waals surface area contributed by atoms with E-state index in [1.807, 2.05) is 0 Å². The van der Waals surface area contributed by atoms with Crippen molar-refractivity contribution >= 4 is 23.4 Å². The number of hydrogen-bond donors (Lipinski definition) is 5. The van der Waals surface area contributed by atoms with Crippen molar-refractivity contribution in [1.82, 2.24) is 0 Å². The maximum atomic E-state index is 10.9. The minimum absolute atomic E-state index is 0.0477. The fourth-order valence-corrected chi connectivity index (χ4v) is 2.86. The number of anilines is 1. The second-order valence-electron chi connectivity index (χ2n) is 4.06. The van der Waals surface area contributed by atoms with E-state index in [9.17, 15) is 15.0 Å². The first kappa shape index (κ1) is 13.0. The minimum atomic E-state index is -0.950. The largest absolute Gasteiger partial charge is 0.506 e. The molecule has 0 saturated heterocycles. The van der Waals surface area contributed by atoms with E-state index in [0.717, 1.165) is 4.90 Å². The number of aromatic hydroxyl groups is 1. The molecule has 0 bridgehead atoms. The summed E-state index contributed by atoms with van der Waals surface area (Å²) in [5.74, 6) is -0.617. The lowest BCUT2D eigenvalue weighted by atomic mass is 10.1. The zero-order chi connectivity index (χ0) is 13.3. The molecule has 98 valence electrons. The lowest BCUT2D eigenvalue weighted by Crippen LogP contribution is -2.52. The SMILES string of the molecule is [NH3+]CC(O)c1cc(O)c2c(c1)SCC(C(=O)O)N2. The van der Waals surface area contributed by atoms with Gasteiger partial charge in [-0.3, -0.25) is 0 Å². The fourth-order valence-electron chi connectivity index (χ4n) is 1.76. The summed E-state index contributed by atoms with van der Waals surface area (Å²) in [4.78, 5) is 11.6. The summed E-state index contributed by atoms with van der Waals surface area (Å²) >= 11 is 1.35. The highest BCUT2D eigenvalue weighted by molar-refractivity contribution is 7.99. The Bertz CT molecular complexity index is 480. The van der Waals surface area contributed by atoms with E-state index in [0.29, 0.717) is 23.5 Å². The maximum absolute atomic E-state index is 10.9. The third-order valence-electron chi connectivity index (χ3n) is 2.78. The van der Waals surface area contributed by atoms with Crippen molar-refractivity contribution in [3.8, 4) is 5.75 Å². The van der Waals surface area contributed by atoms with Crippen LogP contribution >= 0.6 is 11.8 Å². The Kier molecular flexibility index (Phi) is 3.65. The van der Waals surface area contributed by atoms with Crippen molar-refractivity contribution in [3.63, 3.8) is 0 Å². The maximum Gasteiger partial charge on any atom is 0.327 e. The van der Waals surface area contributed by atoms with Crippen LogP contribution in [0.2, 0.25) is 0 Å². The minimum Gasteiger partial charge on any atom is -0.506 e. The molecule has 7 heteroatoms. The quantitative estimate of drug-likeness (QED) is 0.479. The topological polar surface area (TPSA) is 117 Å². The summed E-state index contributed by atoms with van der Waals surface area (Å²) in [6, 6.07) is 2.48. The highest BCUT2D eigenvalue weighted by Crippen LogP contribution is 2.41. The standard InChI is InChI=1S/C11H14N2O4S/c12-3-8(15)5-1-7(14)10-9(2-5)18-4-6(13-10)11(16)17/h1-2,6,8,13-15H,3-4,12H2,(H,16,17)/p+1. The summed E-state index contributed by atoms with van der Waals surface area (Å²) in [6.45, 7) is 0.314. The average molecular weight is 271 g/mol. The van der Waals surface area contributed by atoms with Crippen LogP contribution in [0.5, 0.6) is 5.75 Å². The Labute approximate surface area is 108 Å². The normalized spacial score (nSPS) is 19.8. The molecule has 0 amide bonds. The first-order valence-corrected chi connectivity index (χ1v) is 6.48. The van der Waals surface area contributed by atoms with E-state index < -0.39 is 18.1 Å². The number of carboxylic acid groups (broad SMARTS) is 1. The van der Waals surface area contributed by atoms with Gasteiger partial charge in [-0.15, -0.1) is 11.8 Å². The van der Waals surface area contributed by atoms with Gasteiger partial charge in [-0.2, -0.15) is 0 Å². The number of carbonyl (C=O) groups is 1. The number of phenols is 1. The first-order valence-electron chi connectivity index (χ1n) is 5.49. The molecule has 0 saturated carbocycles. The molecule has 1 heterocycles. The molecule has 2 unspecified atom stereocenters. The monoisotopic (exact) mass is 271 g/mol. The molecule has 1 aromatic carbocycles. The number of phenolic OH excluding ortho intramolecular Hbond substituents is 1. The molecule has 18 heavy (non-hydrogen) atoms. The number of aliphatic hydroxyl groups is 1. The summed E-state index contributed by atoms with van der Waals surface area (Å²) in [6.07, 6.45) is -0.723. The average Bonchev–Trinajstić information content (AvgIpc) is 2.37. The van der Waals surface area contributed by atoms with E-state index in [2.05, 4.69) is 11.1 Å². The van der Waals surface area contributed by atoms with Gasteiger partial charge in [-0.05, 0) is 17.7 Å². The molecular formula is C11H15N2O4S+. The molecule has 1 aliphatic heterocycles. The van der Waals surface area contributed by atoms with Crippen LogP contribution in [0, 0.1) is 0 Å². The molecular weight excluding hydrogens is 256 g/mol. The zero-order valence-corrected chi connectivity index (χ0v) is 10.4. The van der Waals surface area contributed by atoms with Crippen LogP contribution in [0.25, 0.3) is 0 Å². The molecule has 0 spiro atoms. The molecule has 2 atom stereocenters. The van der Waals surface area contributed by atoms with Gasteiger partial charge in [0.25, 0.3) is 0 Å². The van der Waals surface area contributed by atoms with Gasteiger partial charge < -0.3 is 26.4 Å². The number of carboxylic acids is 1. The number of hydrogen-bond acceptors (Lipinski definition) is 5. The van der Waals surface area contributed by atoms with Gasteiger partial charge in [0.2, 0.25) is 0 Å². The van der Waals surface area contributed by atoms with Crippen molar-refractivity contribution in [2.75, 3.05) is 17.6 Å². The summed E-state index contributed by atoms with van der Waals surface area (Å²) in [5, 5.41) is 31.3. The van der Waals surface area contributed by atoms with Gasteiger partial charge in [-0.1, -0.05) is 0 Å². The lowest BCUT2D eigenvalue weighted by Gasteiger charge is -2.25. The van der Waals surface area contributed by atoms with Gasteiger partial charge in [-0.25, -0.2) is 4.79 Å². The number of aliphatic hydroxyl groups excluding tert-OH is 1. The number of quaternary nitrogens is 1. The molecule has 0 aliphatic carbocycles. The lowest BCUT2D eigenvalue weighted by molar-refractivity contribution is -0.385. The third kappa shape index (κ3) is 2.38. The van der Waals surface area contributed by atoms with Crippen LogP contribution in [0.3, 0.4) is 0 Å². The number of fused-ring (bicyclic) bond motifs is 1. The molecule has 1 aromatic rings. The van der Waals surface area contributed by atoms with Crippen molar-refractivity contribution in [3.05, 3.63) is 17.7 Å².